The minimum Gasteiger partial charge on any atom is -0.478 e. The number of aromatic carboxylic acids is 1. The standard InChI is InChI=1S/C11H15NO2S/c1-7(2)6-15-8-3-4-10(12)9(5-8)11(13)14/h3-5,7H,6,12H2,1-2H3,(H,13,14). The zero-order valence-electron chi connectivity index (χ0n) is 8.86. The molecule has 0 aliphatic heterocycles. The van der Waals surface area contributed by atoms with Gasteiger partial charge in [-0.3, -0.25) is 0 Å². The van der Waals surface area contributed by atoms with Crippen LogP contribution in [0.1, 0.15) is 24.2 Å². The second-order valence-electron chi connectivity index (χ2n) is 3.76. The Balaban J connectivity index is 2.83. The summed E-state index contributed by atoms with van der Waals surface area (Å²) in [6, 6.07) is 5.13. The van der Waals surface area contributed by atoms with Crippen molar-refractivity contribution in [1.82, 2.24) is 0 Å². The number of thioether (sulfide) groups is 1. The van der Waals surface area contributed by atoms with Crippen LogP contribution in [0.2, 0.25) is 0 Å². The third kappa shape index (κ3) is 3.47. The molecule has 0 aliphatic carbocycles. The zero-order chi connectivity index (χ0) is 11.4. The van der Waals surface area contributed by atoms with Crippen molar-refractivity contribution in [2.45, 2.75) is 18.7 Å². The first-order valence-corrected chi connectivity index (χ1v) is 5.75. The number of carboxylic acid groups (broad SMARTS) is 1. The van der Waals surface area contributed by atoms with Crippen molar-refractivity contribution in [3.63, 3.8) is 0 Å². The smallest absolute Gasteiger partial charge is 0.337 e. The topological polar surface area (TPSA) is 63.3 Å². The molecule has 3 nitrogen and oxygen atoms in total. The summed E-state index contributed by atoms with van der Waals surface area (Å²) in [5.41, 5.74) is 6.06. The Morgan fingerprint density at radius 1 is 1.53 bits per heavy atom. The number of anilines is 1. The van der Waals surface area contributed by atoms with Crippen molar-refractivity contribution in [2.24, 2.45) is 5.92 Å². The fraction of sp³-hybridized carbons (Fsp3) is 0.364. The third-order valence-electron chi connectivity index (χ3n) is 1.84. The molecule has 15 heavy (non-hydrogen) atoms. The number of hydrogen-bond acceptors (Lipinski definition) is 3. The number of hydrogen-bond donors (Lipinski definition) is 2. The van der Waals surface area contributed by atoms with Crippen LogP contribution in [-0.2, 0) is 0 Å². The summed E-state index contributed by atoms with van der Waals surface area (Å²) in [6.07, 6.45) is 0. The molecule has 0 unspecified atom stereocenters. The van der Waals surface area contributed by atoms with E-state index in [1.165, 1.54) is 0 Å². The van der Waals surface area contributed by atoms with Gasteiger partial charge in [-0.05, 0) is 24.1 Å². The Kier molecular flexibility index (Phi) is 4.03. The second kappa shape index (κ2) is 5.07. The maximum atomic E-state index is 10.8. The van der Waals surface area contributed by atoms with Crippen molar-refractivity contribution in [3.8, 4) is 0 Å². The summed E-state index contributed by atoms with van der Waals surface area (Å²) < 4.78 is 0. The van der Waals surface area contributed by atoms with Crippen LogP contribution >= 0.6 is 11.8 Å². The lowest BCUT2D eigenvalue weighted by Gasteiger charge is -2.06. The lowest BCUT2D eigenvalue weighted by Crippen LogP contribution is -2.02. The Hall–Kier alpha value is -1.16. The highest BCUT2D eigenvalue weighted by atomic mass is 32.2. The van der Waals surface area contributed by atoms with Crippen molar-refractivity contribution < 1.29 is 9.90 Å². The van der Waals surface area contributed by atoms with E-state index in [1.807, 2.05) is 6.07 Å². The van der Waals surface area contributed by atoms with Crippen molar-refractivity contribution >= 4 is 23.4 Å². The van der Waals surface area contributed by atoms with E-state index in [0.29, 0.717) is 11.6 Å². The molecule has 1 rings (SSSR count). The van der Waals surface area contributed by atoms with Crippen molar-refractivity contribution in [1.29, 1.82) is 0 Å². The third-order valence-corrected chi connectivity index (χ3v) is 3.26. The predicted octanol–water partition coefficient (Wildman–Crippen LogP) is 2.72. The van der Waals surface area contributed by atoms with Gasteiger partial charge in [-0.1, -0.05) is 13.8 Å². The van der Waals surface area contributed by atoms with Gasteiger partial charge in [0.1, 0.15) is 0 Å². The van der Waals surface area contributed by atoms with Crippen LogP contribution < -0.4 is 5.73 Å². The van der Waals surface area contributed by atoms with E-state index < -0.39 is 5.97 Å². The molecule has 0 fully saturated rings. The van der Waals surface area contributed by atoms with Crippen molar-refractivity contribution in [2.75, 3.05) is 11.5 Å². The van der Waals surface area contributed by atoms with Crippen LogP contribution in [0.25, 0.3) is 0 Å². The number of nitrogens with two attached hydrogens (primary N) is 1. The zero-order valence-corrected chi connectivity index (χ0v) is 9.67. The van der Waals surface area contributed by atoms with E-state index in [9.17, 15) is 4.79 Å². The molecule has 0 aromatic heterocycles. The fourth-order valence-corrected chi connectivity index (χ4v) is 1.96. The van der Waals surface area contributed by atoms with E-state index in [-0.39, 0.29) is 5.56 Å². The molecule has 0 spiro atoms. The summed E-state index contributed by atoms with van der Waals surface area (Å²) in [5.74, 6) is 0.587. The van der Waals surface area contributed by atoms with Gasteiger partial charge in [0.15, 0.2) is 0 Å². The summed E-state index contributed by atoms with van der Waals surface area (Å²) in [4.78, 5) is 11.8. The number of carbonyl (C=O) groups is 1. The van der Waals surface area contributed by atoms with E-state index in [1.54, 1.807) is 23.9 Å². The Morgan fingerprint density at radius 3 is 2.73 bits per heavy atom. The minimum absolute atomic E-state index is 0.184. The summed E-state index contributed by atoms with van der Waals surface area (Å²) in [7, 11) is 0. The van der Waals surface area contributed by atoms with Gasteiger partial charge in [0.25, 0.3) is 0 Å². The first kappa shape index (κ1) is 11.9. The van der Waals surface area contributed by atoms with Gasteiger partial charge in [-0.25, -0.2) is 4.79 Å². The molecule has 0 bridgehead atoms. The molecule has 0 heterocycles. The largest absolute Gasteiger partial charge is 0.478 e. The van der Waals surface area contributed by atoms with E-state index in [4.69, 9.17) is 10.8 Å². The molecule has 0 saturated heterocycles. The quantitative estimate of drug-likeness (QED) is 0.611. The number of carboxylic acids is 1. The SMILES string of the molecule is CC(C)CSc1ccc(N)c(C(=O)O)c1. The van der Waals surface area contributed by atoms with Gasteiger partial charge in [0.05, 0.1) is 5.56 Å². The minimum atomic E-state index is -0.973. The first-order chi connectivity index (χ1) is 7.00. The lowest BCUT2D eigenvalue weighted by molar-refractivity contribution is 0.0698. The fourth-order valence-electron chi connectivity index (χ4n) is 1.07. The second-order valence-corrected chi connectivity index (χ2v) is 4.85. The predicted molar refractivity (Wildman–Crippen MR) is 63.4 cm³/mol. The maximum Gasteiger partial charge on any atom is 0.337 e. The average molecular weight is 225 g/mol. The molecule has 0 amide bonds. The van der Waals surface area contributed by atoms with Crippen LogP contribution in [0.5, 0.6) is 0 Å². The average Bonchev–Trinajstić information content (AvgIpc) is 2.16. The molecular formula is C11H15NO2S. The Morgan fingerprint density at radius 2 is 2.20 bits per heavy atom. The van der Waals surface area contributed by atoms with E-state index in [2.05, 4.69) is 13.8 Å². The maximum absolute atomic E-state index is 10.8. The first-order valence-electron chi connectivity index (χ1n) is 4.76. The summed E-state index contributed by atoms with van der Waals surface area (Å²) >= 11 is 1.65. The highest BCUT2D eigenvalue weighted by Crippen LogP contribution is 2.24. The Bertz CT molecular complexity index is 364. The molecule has 1 aromatic carbocycles. The lowest BCUT2D eigenvalue weighted by atomic mass is 10.2. The number of benzene rings is 1. The molecule has 0 atom stereocenters. The van der Waals surface area contributed by atoms with Gasteiger partial charge in [0, 0.05) is 16.3 Å². The highest BCUT2D eigenvalue weighted by molar-refractivity contribution is 7.99. The van der Waals surface area contributed by atoms with E-state index >= 15 is 0 Å². The Labute approximate surface area is 93.7 Å². The molecule has 0 aliphatic rings. The molecule has 0 radical (unpaired) electrons. The van der Waals surface area contributed by atoms with Gasteiger partial charge >= 0.3 is 5.97 Å². The molecule has 82 valence electrons. The summed E-state index contributed by atoms with van der Waals surface area (Å²) in [5, 5.41) is 8.88. The van der Waals surface area contributed by atoms with Gasteiger partial charge in [0.2, 0.25) is 0 Å². The van der Waals surface area contributed by atoms with Gasteiger partial charge < -0.3 is 10.8 Å². The van der Waals surface area contributed by atoms with Crippen molar-refractivity contribution in [3.05, 3.63) is 23.8 Å². The van der Waals surface area contributed by atoms with Gasteiger partial charge in [-0.2, -0.15) is 0 Å². The molecule has 3 N–H and O–H groups in total. The molecule has 0 saturated carbocycles. The monoisotopic (exact) mass is 225 g/mol. The molecule has 4 heteroatoms. The van der Waals surface area contributed by atoms with Crippen LogP contribution in [0.4, 0.5) is 5.69 Å². The van der Waals surface area contributed by atoms with E-state index in [0.717, 1.165) is 10.6 Å². The highest BCUT2D eigenvalue weighted by Gasteiger charge is 2.08. The molecular weight excluding hydrogens is 210 g/mol. The summed E-state index contributed by atoms with van der Waals surface area (Å²) in [6.45, 7) is 4.25. The molecule has 1 aromatic rings. The van der Waals surface area contributed by atoms with Gasteiger partial charge in [-0.15, -0.1) is 11.8 Å². The number of nitrogen functional groups attached to an aromatic ring is 1. The normalized spacial score (nSPS) is 10.6. The van der Waals surface area contributed by atoms with Crippen LogP contribution in [0.3, 0.4) is 0 Å². The van der Waals surface area contributed by atoms with Crippen LogP contribution in [0, 0.1) is 5.92 Å². The van der Waals surface area contributed by atoms with Crippen LogP contribution in [0.15, 0.2) is 23.1 Å². The number of rotatable bonds is 4. The van der Waals surface area contributed by atoms with Crippen LogP contribution in [-0.4, -0.2) is 16.8 Å².